The number of nitrogens with one attached hydrogen (secondary N) is 1. The highest BCUT2D eigenvalue weighted by Gasteiger charge is 2.30. The van der Waals surface area contributed by atoms with Gasteiger partial charge in [-0.3, -0.25) is 4.79 Å². The van der Waals surface area contributed by atoms with Gasteiger partial charge in [0.2, 0.25) is 11.9 Å². The number of nitrogens with zero attached hydrogens (tertiary/aromatic N) is 8. The van der Waals surface area contributed by atoms with Crippen molar-refractivity contribution in [1.29, 1.82) is 0 Å². The van der Waals surface area contributed by atoms with Gasteiger partial charge in [0.05, 0.1) is 5.52 Å². The standard InChI is InChI=1S/C29H27N9O/c1-29(12-16-36(2)17-13-29)19-8-10-20(11-9-19)33-27-32-18-22-24(35-27)34-25-21-6-3-4-7-23(21)37(38(25)26(22)39)28-30-14-5-15-31-28/h3-11,14-15,18H,12-13,16-17H2,1-2H3,(H,32,33,35). The molecule has 194 valence electrons. The van der Waals surface area contributed by atoms with Crippen molar-refractivity contribution in [2.75, 3.05) is 25.5 Å². The Morgan fingerprint density at radius 1 is 0.872 bits per heavy atom. The largest absolute Gasteiger partial charge is 0.324 e. The lowest BCUT2D eigenvalue weighted by molar-refractivity contribution is 0.200. The average molecular weight is 518 g/mol. The van der Waals surface area contributed by atoms with Crippen LogP contribution < -0.4 is 10.9 Å². The van der Waals surface area contributed by atoms with E-state index in [2.05, 4.69) is 68.4 Å². The van der Waals surface area contributed by atoms with Crippen LogP contribution in [0.15, 0.2) is 78.0 Å². The van der Waals surface area contributed by atoms with Gasteiger partial charge in [0.1, 0.15) is 5.39 Å². The Balaban J connectivity index is 1.27. The summed E-state index contributed by atoms with van der Waals surface area (Å²) in [5.41, 5.74) is 3.70. The first-order valence-electron chi connectivity index (χ1n) is 13.0. The van der Waals surface area contributed by atoms with Gasteiger partial charge in [-0.05, 0) is 74.3 Å². The van der Waals surface area contributed by atoms with Crippen LogP contribution in [0.5, 0.6) is 0 Å². The van der Waals surface area contributed by atoms with Gasteiger partial charge in [-0.25, -0.2) is 24.6 Å². The maximum absolute atomic E-state index is 13.7. The second-order valence-corrected chi connectivity index (χ2v) is 10.4. The van der Waals surface area contributed by atoms with E-state index < -0.39 is 0 Å². The molecule has 5 heterocycles. The summed E-state index contributed by atoms with van der Waals surface area (Å²) in [5, 5.41) is 4.39. The molecule has 7 rings (SSSR count). The summed E-state index contributed by atoms with van der Waals surface area (Å²) >= 11 is 0. The molecule has 0 amide bonds. The minimum absolute atomic E-state index is 0.186. The van der Waals surface area contributed by atoms with E-state index in [-0.39, 0.29) is 11.0 Å². The van der Waals surface area contributed by atoms with Crippen molar-refractivity contribution >= 4 is 39.2 Å². The van der Waals surface area contributed by atoms with E-state index in [1.54, 1.807) is 23.1 Å². The maximum Gasteiger partial charge on any atom is 0.284 e. The average Bonchev–Trinajstić information content (AvgIpc) is 3.30. The molecule has 10 nitrogen and oxygen atoms in total. The molecule has 6 aromatic rings. The monoisotopic (exact) mass is 517 g/mol. The summed E-state index contributed by atoms with van der Waals surface area (Å²) in [5.74, 6) is 0.760. The van der Waals surface area contributed by atoms with Gasteiger partial charge in [0.15, 0.2) is 11.3 Å². The fourth-order valence-electron chi connectivity index (χ4n) is 5.43. The summed E-state index contributed by atoms with van der Waals surface area (Å²) < 4.78 is 3.17. The van der Waals surface area contributed by atoms with E-state index in [0.29, 0.717) is 28.6 Å². The molecule has 0 spiro atoms. The van der Waals surface area contributed by atoms with Gasteiger partial charge < -0.3 is 10.2 Å². The molecule has 4 aromatic heterocycles. The minimum atomic E-state index is -0.291. The highest BCUT2D eigenvalue weighted by Crippen LogP contribution is 2.35. The van der Waals surface area contributed by atoms with Crippen LogP contribution in [-0.4, -0.2) is 59.2 Å². The second kappa shape index (κ2) is 8.95. The van der Waals surface area contributed by atoms with Crippen molar-refractivity contribution in [3.05, 3.63) is 89.1 Å². The first kappa shape index (κ1) is 23.4. The molecule has 0 bridgehead atoms. The van der Waals surface area contributed by atoms with Gasteiger partial charge in [-0.15, -0.1) is 0 Å². The lowest BCUT2D eigenvalue weighted by atomic mass is 9.74. The summed E-state index contributed by atoms with van der Waals surface area (Å²) in [6.07, 6.45) is 7.10. The van der Waals surface area contributed by atoms with E-state index in [0.717, 1.165) is 42.5 Å². The fourth-order valence-corrected chi connectivity index (χ4v) is 5.43. The van der Waals surface area contributed by atoms with Gasteiger partial charge >= 0.3 is 0 Å². The minimum Gasteiger partial charge on any atom is -0.324 e. The Morgan fingerprint density at radius 3 is 2.38 bits per heavy atom. The number of fused-ring (bicyclic) bond motifs is 4. The van der Waals surface area contributed by atoms with Crippen molar-refractivity contribution in [2.45, 2.75) is 25.2 Å². The zero-order valence-electron chi connectivity index (χ0n) is 21.7. The van der Waals surface area contributed by atoms with Crippen molar-refractivity contribution in [1.82, 2.24) is 39.0 Å². The molecule has 39 heavy (non-hydrogen) atoms. The molecule has 2 aromatic carbocycles. The molecule has 0 aliphatic carbocycles. The normalized spacial score (nSPS) is 15.7. The molecule has 1 saturated heterocycles. The molecular formula is C29H27N9O. The number of aromatic nitrogens is 7. The summed E-state index contributed by atoms with van der Waals surface area (Å²) in [7, 11) is 2.18. The summed E-state index contributed by atoms with van der Waals surface area (Å²) in [6.45, 7) is 4.57. The third-order valence-electron chi connectivity index (χ3n) is 7.85. The Labute approximate surface area is 224 Å². The fraction of sp³-hybridized carbons (Fsp3) is 0.241. The van der Waals surface area contributed by atoms with Crippen LogP contribution in [-0.2, 0) is 5.41 Å². The number of piperidine rings is 1. The molecule has 0 saturated carbocycles. The van der Waals surface area contributed by atoms with Gasteiger partial charge in [0.25, 0.3) is 5.56 Å². The van der Waals surface area contributed by atoms with E-state index >= 15 is 0 Å². The first-order chi connectivity index (χ1) is 19.0. The Bertz CT molecular complexity index is 1890. The van der Waals surface area contributed by atoms with Crippen LogP contribution >= 0.6 is 0 Å². The number of anilines is 2. The number of likely N-dealkylation sites (tertiary alicyclic amines) is 1. The van der Waals surface area contributed by atoms with Crippen LogP contribution in [0.4, 0.5) is 11.6 Å². The second-order valence-electron chi connectivity index (χ2n) is 10.4. The number of hydrogen-bond acceptors (Lipinski definition) is 8. The molecule has 1 aliphatic rings. The molecule has 0 radical (unpaired) electrons. The highest BCUT2D eigenvalue weighted by molar-refractivity contribution is 5.95. The van der Waals surface area contributed by atoms with E-state index in [4.69, 9.17) is 4.98 Å². The first-order valence-corrected chi connectivity index (χ1v) is 13.0. The number of rotatable bonds is 4. The van der Waals surface area contributed by atoms with Crippen molar-refractivity contribution < 1.29 is 0 Å². The number of hydrogen-bond donors (Lipinski definition) is 1. The van der Waals surface area contributed by atoms with Crippen molar-refractivity contribution in [2.24, 2.45) is 0 Å². The predicted octanol–water partition coefficient (Wildman–Crippen LogP) is 4.10. The van der Waals surface area contributed by atoms with Crippen LogP contribution in [0.1, 0.15) is 25.3 Å². The van der Waals surface area contributed by atoms with Crippen molar-refractivity contribution in [3.63, 3.8) is 0 Å². The zero-order valence-corrected chi connectivity index (χ0v) is 21.7. The lowest BCUT2D eigenvalue weighted by Crippen LogP contribution is -2.38. The topological polar surface area (TPSA) is 106 Å². The third-order valence-corrected chi connectivity index (χ3v) is 7.85. The number of benzene rings is 2. The van der Waals surface area contributed by atoms with E-state index in [1.807, 2.05) is 24.3 Å². The molecule has 0 unspecified atom stereocenters. The quantitative estimate of drug-likeness (QED) is 0.373. The SMILES string of the molecule is CN1CCC(C)(c2ccc(Nc3ncc4c(=O)n5c(nc4n3)c3ccccc3n5-c3ncccn3)cc2)CC1. The summed E-state index contributed by atoms with van der Waals surface area (Å²) in [6, 6.07) is 17.9. The Hall–Kier alpha value is -4.70. The van der Waals surface area contributed by atoms with Crippen molar-refractivity contribution in [3.8, 4) is 5.95 Å². The Morgan fingerprint density at radius 2 is 1.62 bits per heavy atom. The summed E-state index contributed by atoms with van der Waals surface area (Å²) in [4.78, 5) is 38.7. The molecular weight excluding hydrogens is 490 g/mol. The molecule has 10 heteroatoms. The molecule has 1 N–H and O–H groups in total. The number of para-hydroxylation sites is 1. The van der Waals surface area contributed by atoms with Crippen LogP contribution in [0.2, 0.25) is 0 Å². The maximum atomic E-state index is 13.7. The molecule has 1 fully saturated rings. The van der Waals surface area contributed by atoms with Crippen LogP contribution in [0.3, 0.4) is 0 Å². The van der Waals surface area contributed by atoms with Crippen LogP contribution in [0.25, 0.3) is 33.5 Å². The van der Waals surface area contributed by atoms with Gasteiger partial charge in [-0.2, -0.15) is 9.50 Å². The predicted molar refractivity (Wildman–Crippen MR) is 151 cm³/mol. The Kier molecular flexibility index (Phi) is 5.38. The molecule has 0 atom stereocenters. The molecule has 1 aliphatic heterocycles. The van der Waals surface area contributed by atoms with Gasteiger partial charge in [0, 0.05) is 29.7 Å². The lowest BCUT2D eigenvalue weighted by Gasteiger charge is -2.38. The van der Waals surface area contributed by atoms with E-state index in [1.165, 1.54) is 16.3 Å². The zero-order chi connectivity index (χ0) is 26.6. The smallest absolute Gasteiger partial charge is 0.284 e. The van der Waals surface area contributed by atoms with E-state index in [9.17, 15) is 4.79 Å². The van der Waals surface area contributed by atoms with Crippen LogP contribution in [0, 0.1) is 0 Å². The van der Waals surface area contributed by atoms with Gasteiger partial charge in [-0.1, -0.05) is 31.2 Å². The third kappa shape index (κ3) is 3.91. The highest BCUT2D eigenvalue weighted by atomic mass is 16.1.